The number of carbonyl (C=O) groups is 2. The van der Waals surface area contributed by atoms with E-state index in [2.05, 4.69) is 22.3 Å². The molecule has 0 saturated carbocycles. The molecule has 1 atom stereocenters. The van der Waals surface area contributed by atoms with Crippen LogP contribution in [0, 0.1) is 18.8 Å². The summed E-state index contributed by atoms with van der Waals surface area (Å²) in [6.07, 6.45) is 2.08. The van der Waals surface area contributed by atoms with Gasteiger partial charge >= 0.3 is 0 Å². The Balaban J connectivity index is 1.72. The smallest absolute Gasteiger partial charge is 0.273 e. The van der Waals surface area contributed by atoms with Gasteiger partial charge in [0.25, 0.3) is 11.8 Å². The average Bonchev–Trinajstić information content (AvgIpc) is 3.26. The summed E-state index contributed by atoms with van der Waals surface area (Å²) in [5, 5.41) is 9.84. The molecule has 28 heavy (non-hydrogen) atoms. The minimum absolute atomic E-state index is 0.0106. The summed E-state index contributed by atoms with van der Waals surface area (Å²) in [6, 6.07) is 1.50. The lowest BCUT2D eigenvalue weighted by molar-refractivity contribution is 0.0691. The van der Waals surface area contributed by atoms with Crippen LogP contribution in [0.1, 0.15) is 71.3 Å². The first kappa shape index (κ1) is 20.5. The first-order valence-electron chi connectivity index (χ1n) is 9.82. The Morgan fingerprint density at radius 3 is 2.50 bits per heavy atom. The predicted octanol–water partition coefficient (Wildman–Crippen LogP) is 3.18. The van der Waals surface area contributed by atoms with Crippen molar-refractivity contribution in [2.75, 3.05) is 13.1 Å². The van der Waals surface area contributed by atoms with Crippen molar-refractivity contribution >= 4 is 23.2 Å². The summed E-state index contributed by atoms with van der Waals surface area (Å²) in [6.45, 7) is 9.77. The van der Waals surface area contributed by atoms with Crippen LogP contribution in [0.15, 0.2) is 11.4 Å². The number of nitrogens with zero attached hydrogens (tertiary/aromatic N) is 4. The number of aryl methyl sites for hydroxylation is 2. The Morgan fingerprint density at radius 1 is 1.25 bits per heavy atom. The highest BCUT2D eigenvalue weighted by molar-refractivity contribution is 7.09. The minimum atomic E-state index is -0.261. The minimum Gasteiger partial charge on any atom is -0.341 e. The maximum absolute atomic E-state index is 12.8. The van der Waals surface area contributed by atoms with Gasteiger partial charge in [-0.3, -0.25) is 14.3 Å². The Hall–Kier alpha value is -2.22. The summed E-state index contributed by atoms with van der Waals surface area (Å²) >= 11 is 1.43. The number of piperidine rings is 1. The molecule has 3 rings (SSSR count). The molecule has 3 heterocycles. The Labute approximate surface area is 170 Å². The number of hydrogen-bond donors (Lipinski definition) is 1. The molecular formula is C20H29N5O2S. The third-order valence-corrected chi connectivity index (χ3v) is 6.31. The first-order chi connectivity index (χ1) is 13.3. The highest BCUT2D eigenvalue weighted by atomic mass is 32.1. The third-order valence-electron chi connectivity index (χ3n) is 5.38. The standard InChI is InChI=1S/C20H29N5O2S/c1-12(2)17(22-18(26)15-10-14(4)24(5)23-15)19-21-16(11-28-19)20(27)25-8-6-13(3)7-9-25/h10-13,17H,6-9H2,1-5H3,(H,22,26)/t17-/m1/s1. The van der Waals surface area contributed by atoms with Crippen molar-refractivity contribution in [2.24, 2.45) is 18.9 Å². The molecular weight excluding hydrogens is 374 g/mol. The quantitative estimate of drug-likeness (QED) is 0.831. The predicted molar refractivity (Wildman–Crippen MR) is 109 cm³/mol. The van der Waals surface area contributed by atoms with Crippen LogP contribution in [0.4, 0.5) is 0 Å². The van der Waals surface area contributed by atoms with Crippen LogP contribution in [-0.4, -0.2) is 44.6 Å². The summed E-state index contributed by atoms with van der Waals surface area (Å²) in [4.78, 5) is 31.9. The lowest BCUT2D eigenvalue weighted by Crippen LogP contribution is -2.38. The molecule has 2 aromatic rings. The van der Waals surface area contributed by atoms with Crippen LogP contribution in [-0.2, 0) is 7.05 Å². The van der Waals surface area contributed by atoms with E-state index in [0.717, 1.165) is 36.6 Å². The van der Waals surface area contributed by atoms with Crippen molar-refractivity contribution in [3.05, 3.63) is 33.5 Å². The van der Waals surface area contributed by atoms with E-state index in [0.29, 0.717) is 17.3 Å². The Morgan fingerprint density at radius 2 is 1.93 bits per heavy atom. The molecule has 1 aliphatic heterocycles. The van der Waals surface area contributed by atoms with Gasteiger partial charge in [0.2, 0.25) is 0 Å². The van der Waals surface area contributed by atoms with Crippen molar-refractivity contribution in [3.63, 3.8) is 0 Å². The molecule has 152 valence electrons. The molecule has 0 unspecified atom stereocenters. The normalized spacial score (nSPS) is 16.4. The zero-order chi connectivity index (χ0) is 20.4. The maximum atomic E-state index is 12.8. The van der Waals surface area contributed by atoms with Gasteiger partial charge in [0.05, 0.1) is 6.04 Å². The number of amides is 2. The van der Waals surface area contributed by atoms with E-state index >= 15 is 0 Å². The molecule has 7 nitrogen and oxygen atoms in total. The third kappa shape index (κ3) is 4.43. The molecule has 0 radical (unpaired) electrons. The number of thiazole rings is 1. The molecule has 0 aliphatic carbocycles. The van der Waals surface area contributed by atoms with Crippen LogP contribution in [0.2, 0.25) is 0 Å². The topological polar surface area (TPSA) is 80.1 Å². The lowest BCUT2D eigenvalue weighted by Gasteiger charge is -2.29. The number of likely N-dealkylation sites (tertiary alicyclic amines) is 1. The van der Waals surface area contributed by atoms with Crippen LogP contribution in [0.5, 0.6) is 0 Å². The SMILES string of the molecule is Cc1cc(C(=O)N[C@@H](c2nc(C(=O)N3CCC(C)CC3)cs2)C(C)C)nn1C. The van der Waals surface area contributed by atoms with Gasteiger partial charge in [0.1, 0.15) is 16.4 Å². The number of nitrogens with one attached hydrogen (secondary N) is 1. The van der Waals surface area contributed by atoms with Crippen molar-refractivity contribution in [2.45, 2.75) is 46.6 Å². The van der Waals surface area contributed by atoms with E-state index < -0.39 is 0 Å². The number of carbonyl (C=O) groups excluding carboxylic acids is 2. The van der Waals surface area contributed by atoms with E-state index in [1.165, 1.54) is 11.3 Å². The fraction of sp³-hybridized carbons (Fsp3) is 0.600. The largest absolute Gasteiger partial charge is 0.341 e. The molecule has 0 spiro atoms. The second kappa shape index (κ2) is 8.43. The van der Waals surface area contributed by atoms with Gasteiger partial charge in [-0.15, -0.1) is 11.3 Å². The van der Waals surface area contributed by atoms with E-state index in [9.17, 15) is 9.59 Å². The van der Waals surface area contributed by atoms with Gasteiger partial charge in [0, 0.05) is 31.2 Å². The fourth-order valence-corrected chi connectivity index (χ4v) is 4.32. The van der Waals surface area contributed by atoms with Crippen LogP contribution in [0.3, 0.4) is 0 Å². The number of rotatable bonds is 5. The fourth-order valence-electron chi connectivity index (χ4n) is 3.30. The van der Waals surface area contributed by atoms with Gasteiger partial charge in [-0.05, 0) is 37.7 Å². The Kier molecular flexibility index (Phi) is 6.17. The summed E-state index contributed by atoms with van der Waals surface area (Å²) in [5.74, 6) is 0.573. The number of aromatic nitrogens is 3. The van der Waals surface area contributed by atoms with Crippen LogP contribution >= 0.6 is 11.3 Å². The molecule has 1 fully saturated rings. The lowest BCUT2D eigenvalue weighted by atomic mass is 9.99. The van der Waals surface area contributed by atoms with Crippen molar-refractivity contribution in [1.82, 2.24) is 25.0 Å². The maximum Gasteiger partial charge on any atom is 0.273 e. The Bertz CT molecular complexity index is 829. The van der Waals surface area contributed by atoms with Gasteiger partial charge in [-0.25, -0.2) is 4.98 Å². The average molecular weight is 404 g/mol. The zero-order valence-electron chi connectivity index (χ0n) is 17.2. The second-order valence-electron chi connectivity index (χ2n) is 8.04. The van der Waals surface area contributed by atoms with E-state index in [4.69, 9.17) is 0 Å². The molecule has 1 saturated heterocycles. The van der Waals surface area contributed by atoms with Crippen molar-refractivity contribution in [3.8, 4) is 0 Å². The molecule has 0 bridgehead atoms. The second-order valence-corrected chi connectivity index (χ2v) is 8.93. The summed E-state index contributed by atoms with van der Waals surface area (Å²) in [5.41, 5.74) is 1.79. The van der Waals surface area contributed by atoms with Crippen LogP contribution in [0.25, 0.3) is 0 Å². The van der Waals surface area contributed by atoms with E-state index in [-0.39, 0.29) is 23.8 Å². The van der Waals surface area contributed by atoms with Crippen molar-refractivity contribution < 1.29 is 9.59 Å². The van der Waals surface area contributed by atoms with E-state index in [1.54, 1.807) is 10.7 Å². The van der Waals surface area contributed by atoms with Gasteiger partial charge < -0.3 is 10.2 Å². The van der Waals surface area contributed by atoms with Crippen LogP contribution < -0.4 is 5.32 Å². The molecule has 1 N–H and O–H groups in total. The van der Waals surface area contributed by atoms with E-state index in [1.807, 2.05) is 38.1 Å². The van der Waals surface area contributed by atoms with Gasteiger partial charge in [-0.2, -0.15) is 5.10 Å². The summed E-state index contributed by atoms with van der Waals surface area (Å²) in [7, 11) is 1.81. The molecule has 2 amide bonds. The van der Waals surface area contributed by atoms with Crippen molar-refractivity contribution in [1.29, 1.82) is 0 Å². The highest BCUT2D eigenvalue weighted by Crippen LogP contribution is 2.27. The first-order valence-corrected chi connectivity index (χ1v) is 10.7. The number of hydrogen-bond acceptors (Lipinski definition) is 5. The monoisotopic (exact) mass is 403 g/mol. The molecule has 1 aliphatic rings. The molecule has 0 aromatic carbocycles. The van der Waals surface area contributed by atoms with Gasteiger partial charge in [-0.1, -0.05) is 20.8 Å². The molecule has 2 aromatic heterocycles. The zero-order valence-corrected chi connectivity index (χ0v) is 18.0. The van der Waals surface area contributed by atoms with Gasteiger partial charge in [0.15, 0.2) is 0 Å². The highest BCUT2D eigenvalue weighted by Gasteiger charge is 2.27. The molecule has 8 heteroatoms. The summed E-state index contributed by atoms with van der Waals surface area (Å²) < 4.78 is 1.68.